The standard InChI is InChI=1S/C18H13F3N4O4/c1-8-11(15-23-10(7-29-15)17(27)28)16(26)25-14(22-8)12(9-5-3-2-4-6-9)13(24-25)18(19,20)21/h2-6,10,22H,7H2,1H3,(H,27,28)/t10-/m0/s1. The number of aliphatic carboxylic acids is 1. The van der Waals surface area contributed by atoms with Crippen molar-refractivity contribution in [2.75, 3.05) is 6.61 Å². The third-order valence-corrected chi connectivity index (χ3v) is 4.45. The number of ether oxygens (including phenoxy) is 1. The lowest BCUT2D eigenvalue weighted by Gasteiger charge is -2.08. The number of nitrogens with zero attached hydrogens (tertiary/aromatic N) is 3. The third-order valence-electron chi connectivity index (χ3n) is 4.45. The van der Waals surface area contributed by atoms with Crippen molar-refractivity contribution in [2.24, 2.45) is 4.99 Å². The average Bonchev–Trinajstić information content (AvgIpc) is 3.27. The van der Waals surface area contributed by atoms with Crippen molar-refractivity contribution in [2.45, 2.75) is 19.1 Å². The predicted octanol–water partition coefficient (Wildman–Crippen LogP) is 2.25. The van der Waals surface area contributed by atoms with Gasteiger partial charge in [-0.2, -0.15) is 22.8 Å². The number of alkyl halides is 3. The van der Waals surface area contributed by atoms with Gasteiger partial charge in [0.15, 0.2) is 11.7 Å². The van der Waals surface area contributed by atoms with Crippen LogP contribution in [-0.4, -0.2) is 44.2 Å². The van der Waals surface area contributed by atoms with Crippen molar-refractivity contribution >= 4 is 17.5 Å². The van der Waals surface area contributed by atoms with Crippen LogP contribution in [0.5, 0.6) is 0 Å². The van der Waals surface area contributed by atoms with Gasteiger partial charge in [-0.3, -0.25) is 4.79 Å². The van der Waals surface area contributed by atoms with Crippen molar-refractivity contribution in [3.05, 3.63) is 57.6 Å². The number of carboxylic acid groups (broad SMARTS) is 1. The first kappa shape index (κ1) is 18.7. The fourth-order valence-electron chi connectivity index (χ4n) is 3.15. The number of halogens is 3. The number of hydrogen-bond donors (Lipinski definition) is 2. The quantitative estimate of drug-likeness (QED) is 0.694. The summed E-state index contributed by atoms with van der Waals surface area (Å²) < 4.78 is 46.7. The number of benzene rings is 1. The van der Waals surface area contributed by atoms with Gasteiger partial charge in [0.1, 0.15) is 17.8 Å². The normalized spacial score (nSPS) is 16.7. The van der Waals surface area contributed by atoms with Crippen molar-refractivity contribution < 1.29 is 27.8 Å². The van der Waals surface area contributed by atoms with Gasteiger partial charge in [-0.15, -0.1) is 0 Å². The maximum atomic E-state index is 13.6. The molecule has 0 aliphatic carbocycles. The topological polar surface area (TPSA) is 109 Å². The van der Waals surface area contributed by atoms with Crippen molar-refractivity contribution in [3.8, 4) is 11.1 Å². The molecule has 3 heterocycles. The fourth-order valence-corrected chi connectivity index (χ4v) is 3.15. The van der Waals surface area contributed by atoms with E-state index in [0.717, 1.165) is 0 Å². The van der Waals surface area contributed by atoms with E-state index in [-0.39, 0.29) is 40.5 Å². The number of carbonyl (C=O) groups is 1. The molecule has 29 heavy (non-hydrogen) atoms. The molecule has 0 radical (unpaired) electrons. The van der Waals surface area contributed by atoms with Gasteiger partial charge >= 0.3 is 12.1 Å². The average molecular weight is 406 g/mol. The van der Waals surface area contributed by atoms with Crippen LogP contribution in [-0.2, 0) is 15.7 Å². The molecule has 0 bridgehead atoms. The Bertz CT molecular complexity index is 1210. The molecule has 0 unspecified atom stereocenters. The number of H-pyrrole nitrogens is 1. The molecule has 1 aliphatic heterocycles. The third kappa shape index (κ3) is 3.04. The molecule has 1 aromatic carbocycles. The Labute approximate surface area is 160 Å². The maximum Gasteiger partial charge on any atom is 0.435 e. The molecule has 4 rings (SSSR count). The minimum atomic E-state index is -4.80. The molecule has 8 nitrogen and oxygen atoms in total. The molecule has 0 spiro atoms. The lowest BCUT2D eigenvalue weighted by atomic mass is 10.1. The Morgan fingerprint density at radius 1 is 1.28 bits per heavy atom. The first-order chi connectivity index (χ1) is 13.7. The van der Waals surface area contributed by atoms with Gasteiger partial charge in [0.05, 0.1) is 5.56 Å². The van der Waals surface area contributed by atoms with Crippen LogP contribution in [0.15, 0.2) is 40.1 Å². The van der Waals surface area contributed by atoms with Crippen LogP contribution in [0.1, 0.15) is 17.0 Å². The molecule has 1 aliphatic rings. The lowest BCUT2D eigenvalue weighted by Crippen LogP contribution is -2.26. The molecule has 0 saturated heterocycles. The van der Waals surface area contributed by atoms with Gasteiger partial charge < -0.3 is 14.8 Å². The zero-order valence-electron chi connectivity index (χ0n) is 14.8. The number of aliphatic imine (C=N–C) groups is 1. The minimum Gasteiger partial charge on any atom is -0.480 e. The molecule has 3 aromatic rings. The first-order valence-electron chi connectivity index (χ1n) is 8.40. The van der Waals surface area contributed by atoms with E-state index in [1.54, 1.807) is 18.2 Å². The minimum absolute atomic E-state index is 0.136. The molecule has 0 fully saturated rings. The van der Waals surface area contributed by atoms with E-state index >= 15 is 0 Å². The highest BCUT2D eigenvalue weighted by atomic mass is 19.4. The Morgan fingerprint density at radius 2 is 1.97 bits per heavy atom. The predicted molar refractivity (Wildman–Crippen MR) is 94.9 cm³/mol. The number of nitrogens with one attached hydrogen (secondary N) is 1. The summed E-state index contributed by atoms with van der Waals surface area (Å²) in [5, 5.41) is 12.5. The second kappa shape index (κ2) is 6.47. The van der Waals surface area contributed by atoms with Crippen LogP contribution in [0, 0.1) is 6.92 Å². The summed E-state index contributed by atoms with van der Waals surface area (Å²) in [6.45, 7) is 1.19. The van der Waals surface area contributed by atoms with E-state index in [2.05, 4.69) is 15.1 Å². The van der Waals surface area contributed by atoms with E-state index in [1.807, 2.05) is 0 Å². The largest absolute Gasteiger partial charge is 0.480 e. The molecular weight excluding hydrogens is 393 g/mol. The number of carboxylic acids is 1. The number of rotatable bonds is 3. The second-order valence-electron chi connectivity index (χ2n) is 6.38. The van der Waals surface area contributed by atoms with Crippen LogP contribution in [0.3, 0.4) is 0 Å². The molecule has 0 saturated carbocycles. The highest BCUT2D eigenvalue weighted by molar-refractivity contribution is 5.98. The van der Waals surface area contributed by atoms with Crippen molar-refractivity contribution in [3.63, 3.8) is 0 Å². The number of aromatic nitrogens is 3. The molecule has 0 amide bonds. The highest BCUT2D eigenvalue weighted by Gasteiger charge is 2.40. The molecule has 1 atom stereocenters. The summed E-state index contributed by atoms with van der Waals surface area (Å²) in [6, 6.07) is 6.58. The molecular formula is C18H13F3N4O4. The molecule has 2 N–H and O–H groups in total. The summed E-state index contributed by atoms with van der Waals surface area (Å²) in [5.74, 6) is -1.48. The van der Waals surface area contributed by atoms with Gasteiger partial charge in [0.25, 0.3) is 5.56 Å². The summed E-state index contributed by atoms with van der Waals surface area (Å²) in [4.78, 5) is 30.6. The second-order valence-corrected chi connectivity index (χ2v) is 6.38. The molecule has 11 heteroatoms. The summed E-state index contributed by atoms with van der Waals surface area (Å²) in [5.41, 5.74) is -2.26. The van der Waals surface area contributed by atoms with E-state index in [9.17, 15) is 22.8 Å². The van der Waals surface area contributed by atoms with E-state index in [4.69, 9.17) is 9.84 Å². The Morgan fingerprint density at radius 3 is 2.55 bits per heavy atom. The number of aryl methyl sites for hydroxylation is 1. The zero-order chi connectivity index (χ0) is 20.9. The molecule has 2 aromatic heterocycles. The number of fused-ring (bicyclic) bond motifs is 1. The Hall–Kier alpha value is -3.63. The Kier molecular flexibility index (Phi) is 4.17. The van der Waals surface area contributed by atoms with Crippen LogP contribution in [0.4, 0.5) is 13.2 Å². The summed E-state index contributed by atoms with van der Waals surface area (Å²) in [7, 11) is 0. The summed E-state index contributed by atoms with van der Waals surface area (Å²) >= 11 is 0. The monoisotopic (exact) mass is 406 g/mol. The van der Waals surface area contributed by atoms with Crippen LogP contribution in [0.25, 0.3) is 16.8 Å². The SMILES string of the molecule is Cc1[nH]c2c(-c3ccccc3)c(C(F)(F)F)nn2c(=O)c1C1=N[C@H](C(=O)O)CO1. The van der Waals surface area contributed by atoms with Crippen LogP contribution >= 0.6 is 0 Å². The van der Waals surface area contributed by atoms with Gasteiger partial charge in [-0.1, -0.05) is 30.3 Å². The Balaban J connectivity index is 2.01. The smallest absolute Gasteiger partial charge is 0.435 e. The number of hydrogen-bond acceptors (Lipinski definition) is 5. The lowest BCUT2D eigenvalue weighted by molar-refractivity contribution is -0.141. The fraction of sp³-hybridized carbons (Fsp3) is 0.222. The zero-order valence-corrected chi connectivity index (χ0v) is 14.8. The van der Waals surface area contributed by atoms with Gasteiger partial charge in [0.2, 0.25) is 5.90 Å². The highest BCUT2D eigenvalue weighted by Crippen LogP contribution is 2.38. The van der Waals surface area contributed by atoms with E-state index in [1.165, 1.54) is 19.1 Å². The molecule has 150 valence electrons. The first-order valence-corrected chi connectivity index (χ1v) is 8.40. The van der Waals surface area contributed by atoms with Gasteiger partial charge in [-0.25, -0.2) is 9.79 Å². The number of aromatic amines is 1. The maximum absolute atomic E-state index is 13.6. The van der Waals surface area contributed by atoms with Crippen LogP contribution in [0.2, 0.25) is 0 Å². The van der Waals surface area contributed by atoms with Gasteiger partial charge in [-0.05, 0) is 12.5 Å². The van der Waals surface area contributed by atoms with Crippen molar-refractivity contribution in [1.82, 2.24) is 14.6 Å². The van der Waals surface area contributed by atoms with E-state index in [0.29, 0.717) is 4.52 Å². The van der Waals surface area contributed by atoms with Gasteiger partial charge in [0, 0.05) is 5.69 Å². The van der Waals surface area contributed by atoms with Crippen molar-refractivity contribution in [1.29, 1.82) is 0 Å². The van der Waals surface area contributed by atoms with E-state index < -0.39 is 29.4 Å². The van der Waals surface area contributed by atoms with Crippen LogP contribution < -0.4 is 5.56 Å². The summed E-state index contributed by atoms with van der Waals surface area (Å²) in [6.07, 6.45) is -4.80.